The van der Waals surface area contributed by atoms with Gasteiger partial charge in [0.15, 0.2) is 0 Å². The number of nitrogens with zero attached hydrogens (tertiary/aromatic N) is 1. The molecule has 1 saturated heterocycles. The first-order valence-electron chi connectivity index (χ1n) is 4.73. The van der Waals surface area contributed by atoms with Crippen molar-refractivity contribution in [1.29, 1.82) is 0 Å². The lowest BCUT2D eigenvalue weighted by Crippen LogP contribution is -2.36. The van der Waals surface area contributed by atoms with E-state index in [9.17, 15) is 0 Å². The molecule has 1 aliphatic heterocycles. The van der Waals surface area contributed by atoms with Crippen molar-refractivity contribution in [2.45, 2.75) is 25.9 Å². The minimum Gasteiger partial charge on any atom is -0.381 e. The van der Waals surface area contributed by atoms with Crippen LogP contribution in [0.5, 0.6) is 0 Å². The van der Waals surface area contributed by atoms with E-state index in [-0.39, 0.29) is 0 Å². The van der Waals surface area contributed by atoms with Crippen LogP contribution in [0.25, 0.3) is 0 Å². The van der Waals surface area contributed by atoms with Crippen LogP contribution in [0.3, 0.4) is 0 Å². The van der Waals surface area contributed by atoms with Gasteiger partial charge in [0.25, 0.3) is 0 Å². The van der Waals surface area contributed by atoms with Crippen molar-refractivity contribution in [2.24, 2.45) is 0 Å². The molecule has 1 fully saturated rings. The van der Waals surface area contributed by atoms with Gasteiger partial charge in [0.2, 0.25) is 0 Å². The molecule has 12 heavy (non-hydrogen) atoms. The molecule has 2 nitrogen and oxygen atoms in total. The van der Waals surface area contributed by atoms with Gasteiger partial charge in [0.1, 0.15) is 0 Å². The molecular weight excluding hydrogens is 150 g/mol. The van der Waals surface area contributed by atoms with E-state index in [2.05, 4.69) is 24.0 Å². The number of methoxy groups -OCH3 is 1. The summed E-state index contributed by atoms with van der Waals surface area (Å²) in [7, 11) is 1.81. The molecule has 1 aliphatic rings. The van der Waals surface area contributed by atoms with E-state index in [1.54, 1.807) is 0 Å². The molecule has 0 N–H and O–H groups in total. The Morgan fingerprint density at radius 1 is 1.42 bits per heavy atom. The van der Waals surface area contributed by atoms with E-state index >= 15 is 0 Å². The first-order chi connectivity index (χ1) is 5.86. The number of hydrogen-bond donors (Lipinski definition) is 0. The minimum atomic E-state index is 0.506. The van der Waals surface area contributed by atoms with E-state index in [0.29, 0.717) is 6.10 Å². The summed E-state index contributed by atoms with van der Waals surface area (Å²) in [5.74, 6) is 0. The van der Waals surface area contributed by atoms with Crippen LogP contribution >= 0.6 is 0 Å². The van der Waals surface area contributed by atoms with Gasteiger partial charge >= 0.3 is 0 Å². The highest BCUT2D eigenvalue weighted by molar-refractivity contribution is 4.83. The summed E-state index contributed by atoms with van der Waals surface area (Å²) in [6, 6.07) is 0. The standard InChI is InChI=1S/C10H19NO/c1-3-4-7-11-8-5-10(12-2)6-9-11/h3-4,10H,5-9H2,1-2H3/b4-3+. The maximum atomic E-state index is 5.30. The molecule has 0 amide bonds. The predicted octanol–water partition coefficient (Wildman–Crippen LogP) is 1.67. The van der Waals surface area contributed by atoms with Gasteiger partial charge in [-0.15, -0.1) is 0 Å². The zero-order valence-corrected chi connectivity index (χ0v) is 8.12. The monoisotopic (exact) mass is 169 g/mol. The minimum absolute atomic E-state index is 0.506. The average molecular weight is 169 g/mol. The molecule has 0 aliphatic carbocycles. The molecule has 1 heterocycles. The van der Waals surface area contributed by atoms with Crippen molar-refractivity contribution >= 4 is 0 Å². The molecule has 0 aromatic rings. The first kappa shape index (κ1) is 9.75. The molecule has 0 spiro atoms. The lowest BCUT2D eigenvalue weighted by Gasteiger charge is -2.30. The highest BCUT2D eigenvalue weighted by Crippen LogP contribution is 2.12. The maximum Gasteiger partial charge on any atom is 0.0595 e. The Morgan fingerprint density at radius 2 is 2.08 bits per heavy atom. The Kier molecular flexibility index (Phi) is 4.33. The van der Waals surface area contributed by atoms with Crippen molar-refractivity contribution in [2.75, 3.05) is 26.7 Å². The number of rotatable bonds is 3. The van der Waals surface area contributed by atoms with Gasteiger partial charge in [0, 0.05) is 26.7 Å². The summed E-state index contributed by atoms with van der Waals surface area (Å²) in [5.41, 5.74) is 0. The highest BCUT2D eigenvalue weighted by Gasteiger charge is 2.16. The van der Waals surface area contributed by atoms with Gasteiger partial charge in [0.05, 0.1) is 6.10 Å². The third-order valence-corrected chi connectivity index (χ3v) is 2.47. The fraction of sp³-hybridized carbons (Fsp3) is 0.800. The number of hydrogen-bond acceptors (Lipinski definition) is 2. The van der Waals surface area contributed by atoms with E-state index < -0.39 is 0 Å². The number of piperidine rings is 1. The van der Waals surface area contributed by atoms with E-state index in [1.165, 1.54) is 25.9 Å². The normalized spacial score (nSPS) is 22.2. The smallest absolute Gasteiger partial charge is 0.0595 e. The van der Waals surface area contributed by atoms with Gasteiger partial charge in [-0.05, 0) is 19.8 Å². The molecule has 70 valence electrons. The van der Waals surface area contributed by atoms with Gasteiger partial charge < -0.3 is 4.74 Å². The summed E-state index contributed by atoms with van der Waals surface area (Å²) in [6.07, 6.45) is 7.21. The van der Waals surface area contributed by atoms with Crippen LogP contribution in [0.15, 0.2) is 12.2 Å². The van der Waals surface area contributed by atoms with Gasteiger partial charge in [-0.1, -0.05) is 12.2 Å². The third kappa shape index (κ3) is 2.95. The number of ether oxygens (including phenoxy) is 1. The Morgan fingerprint density at radius 3 is 2.58 bits per heavy atom. The van der Waals surface area contributed by atoms with Crippen LogP contribution in [0, 0.1) is 0 Å². The predicted molar refractivity (Wildman–Crippen MR) is 51.3 cm³/mol. The Labute approximate surface area is 75.2 Å². The van der Waals surface area contributed by atoms with Crippen molar-refractivity contribution in [3.63, 3.8) is 0 Å². The topological polar surface area (TPSA) is 12.5 Å². The Bertz CT molecular complexity index is 137. The van der Waals surface area contributed by atoms with Crippen LogP contribution < -0.4 is 0 Å². The second kappa shape index (κ2) is 5.33. The van der Waals surface area contributed by atoms with E-state index in [0.717, 1.165) is 6.54 Å². The van der Waals surface area contributed by atoms with Crippen molar-refractivity contribution < 1.29 is 4.74 Å². The zero-order valence-electron chi connectivity index (χ0n) is 8.12. The van der Waals surface area contributed by atoms with Crippen molar-refractivity contribution in [1.82, 2.24) is 4.90 Å². The average Bonchev–Trinajstić information content (AvgIpc) is 2.15. The molecule has 2 heteroatoms. The van der Waals surface area contributed by atoms with Crippen LogP contribution in [-0.2, 0) is 4.74 Å². The lowest BCUT2D eigenvalue weighted by atomic mass is 10.1. The van der Waals surface area contributed by atoms with Gasteiger partial charge in [-0.25, -0.2) is 0 Å². The molecule has 1 rings (SSSR count). The molecule has 0 bridgehead atoms. The van der Waals surface area contributed by atoms with Gasteiger partial charge in [-0.3, -0.25) is 4.90 Å². The van der Waals surface area contributed by atoms with Crippen LogP contribution in [0.4, 0.5) is 0 Å². The van der Waals surface area contributed by atoms with Crippen LogP contribution in [0.2, 0.25) is 0 Å². The molecule has 0 aromatic carbocycles. The van der Waals surface area contributed by atoms with E-state index in [4.69, 9.17) is 4.74 Å². The molecule has 0 unspecified atom stereocenters. The summed E-state index contributed by atoms with van der Waals surface area (Å²) in [5, 5.41) is 0. The molecule has 0 aromatic heterocycles. The largest absolute Gasteiger partial charge is 0.381 e. The number of likely N-dealkylation sites (tertiary alicyclic amines) is 1. The second-order valence-corrected chi connectivity index (χ2v) is 3.30. The maximum absolute atomic E-state index is 5.30. The van der Waals surface area contributed by atoms with Crippen molar-refractivity contribution in [3.8, 4) is 0 Å². The summed E-state index contributed by atoms with van der Waals surface area (Å²) in [6.45, 7) is 5.54. The lowest BCUT2D eigenvalue weighted by molar-refractivity contribution is 0.0445. The van der Waals surface area contributed by atoms with Crippen molar-refractivity contribution in [3.05, 3.63) is 12.2 Å². The van der Waals surface area contributed by atoms with Crippen LogP contribution in [-0.4, -0.2) is 37.7 Å². The Balaban J connectivity index is 2.17. The van der Waals surface area contributed by atoms with Crippen LogP contribution in [0.1, 0.15) is 19.8 Å². The fourth-order valence-electron chi connectivity index (χ4n) is 1.58. The second-order valence-electron chi connectivity index (χ2n) is 3.30. The van der Waals surface area contributed by atoms with E-state index in [1.807, 2.05) is 7.11 Å². The molecular formula is C10H19NO. The summed E-state index contributed by atoms with van der Waals surface area (Å²) >= 11 is 0. The SMILES string of the molecule is C/C=C/CN1CCC(OC)CC1. The first-order valence-corrected chi connectivity index (χ1v) is 4.73. The fourth-order valence-corrected chi connectivity index (χ4v) is 1.58. The quantitative estimate of drug-likeness (QED) is 0.596. The number of allylic oxidation sites excluding steroid dienone is 1. The molecule has 0 radical (unpaired) electrons. The molecule has 0 saturated carbocycles. The van der Waals surface area contributed by atoms with Gasteiger partial charge in [-0.2, -0.15) is 0 Å². The summed E-state index contributed by atoms with van der Waals surface area (Å²) < 4.78 is 5.30. The Hall–Kier alpha value is -0.340. The zero-order chi connectivity index (χ0) is 8.81. The highest BCUT2D eigenvalue weighted by atomic mass is 16.5. The summed E-state index contributed by atoms with van der Waals surface area (Å²) in [4.78, 5) is 2.47. The third-order valence-electron chi connectivity index (χ3n) is 2.47. The molecule has 0 atom stereocenters.